The van der Waals surface area contributed by atoms with Crippen LogP contribution in [0.25, 0.3) is 0 Å². The van der Waals surface area contributed by atoms with E-state index in [9.17, 15) is 4.79 Å². The summed E-state index contributed by atoms with van der Waals surface area (Å²) in [5.41, 5.74) is 9.61. The minimum Gasteiger partial charge on any atom is -0.490 e. The lowest BCUT2D eigenvalue weighted by molar-refractivity contribution is 0.0931. The largest absolute Gasteiger partial charge is 0.490 e. The minimum atomic E-state index is -0.201. The summed E-state index contributed by atoms with van der Waals surface area (Å²) >= 11 is 6.44. The van der Waals surface area contributed by atoms with Crippen molar-refractivity contribution in [3.63, 3.8) is 0 Å². The zero-order chi connectivity index (χ0) is 25.9. The molecule has 3 aromatic rings. The van der Waals surface area contributed by atoms with Crippen LogP contribution in [0.4, 0.5) is 5.69 Å². The Balaban J connectivity index is 1.29. The van der Waals surface area contributed by atoms with Gasteiger partial charge in [0.25, 0.3) is 5.91 Å². The van der Waals surface area contributed by atoms with Gasteiger partial charge in [-0.25, -0.2) is 0 Å². The molecule has 1 atom stereocenters. The first kappa shape index (κ1) is 25.3. The quantitative estimate of drug-likeness (QED) is 0.265. The normalized spacial score (nSPS) is 17.2. The lowest BCUT2D eigenvalue weighted by atomic mass is 9.97. The molecule has 5 rings (SSSR count). The summed E-state index contributed by atoms with van der Waals surface area (Å²) in [7, 11) is 2.13. The number of benzene rings is 3. The zero-order valence-electron chi connectivity index (χ0n) is 21.0. The number of carbonyl (C=O) groups excluding carboxylic acids is 1. The highest BCUT2D eigenvalue weighted by atomic mass is 35.5. The van der Waals surface area contributed by atoms with Gasteiger partial charge in [0.2, 0.25) is 0 Å². The van der Waals surface area contributed by atoms with Gasteiger partial charge in [-0.05, 0) is 92.7 Å². The Morgan fingerprint density at radius 1 is 1.03 bits per heavy atom. The predicted molar refractivity (Wildman–Crippen MR) is 149 cm³/mol. The number of halogens is 1. The van der Waals surface area contributed by atoms with Crippen LogP contribution in [0.15, 0.2) is 66.7 Å². The maximum Gasteiger partial charge on any atom is 0.251 e. The second-order valence-electron chi connectivity index (χ2n) is 10.1. The Labute approximate surface area is 223 Å². The zero-order valence-corrected chi connectivity index (χ0v) is 21.8. The van der Waals surface area contributed by atoms with Crippen molar-refractivity contribution in [1.82, 2.24) is 10.2 Å². The van der Waals surface area contributed by atoms with E-state index in [4.69, 9.17) is 27.5 Å². The average molecular weight is 517 g/mol. The smallest absolute Gasteiger partial charge is 0.251 e. The van der Waals surface area contributed by atoms with Crippen LogP contribution >= 0.6 is 11.6 Å². The molecule has 1 saturated heterocycles. The molecule has 1 aliphatic carbocycles. The van der Waals surface area contributed by atoms with Crippen molar-refractivity contribution in [2.75, 3.05) is 25.9 Å². The molecule has 192 valence electrons. The van der Waals surface area contributed by atoms with Crippen molar-refractivity contribution in [2.45, 2.75) is 37.8 Å². The van der Waals surface area contributed by atoms with E-state index in [0.29, 0.717) is 33.3 Å². The molecule has 6 nitrogen and oxygen atoms in total. The molecule has 37 heavy (non-hydrogen) atoms. The third kappa shape index (κ3) is 5.97. The fraction of sp³-hybridized carbons (Fsp3) is 0.333. The number of amides is 1. The highest BCUT2D eigenvalue weighted by Crippen LogP contribution is 2.43. The van der Waals surface area contributed by atoms with E-state index in [1.807, 2.05) is 48.5 Å². The molecule has 0 bridgehead atoms. The fourth-order valence-electron chi connectivity index (χ4n) is 4.90. The number of likely N-dealkylation sites (tertiary alicyclic amines) is 1. The van der Waals surface area contributed by atoms with Crippen molar-refractivity contribution in [1.29, 1.82) is 5.41 Å². The Bertz CT molecular complexity index is 1280. The lowest BCUT2D eigenvalue weighted by Gasteiger charge is -2.29. The molecule has 1 unspecified atom stereocenters. The van der Waals surface area contributed by atoms with Gasteiger partial charge in [-0.1, -0.05) is 29.8 Å². The average Bonchev–Trinajstić information content (AvgIpc) is 3.75. The third-order valence-electron chi connectivity index (χ3n) is 7.32. The van der Waals surface area contributed by atoms with Crippen LogP contribution in [0.2, 0.25) is 5.02 Å². The molecule has 3 aromatic carbocycles. The highest BCUT2D eigenvalue weighted by Gasteiger charge is 2.34. The number of nitrogens with one attached hydrogen (secondary N) is 2. The molecule has 2 fully saturated rings. The molecular weight excluding hydrogens is 484 g/mol. The van der Waals surface area contributed by atoms with E-state index in [0.717, 1.165) is 50.1 Å². The molecule has 2 aliphatic rings. The van der Waals surface area contributed by atoms with E-state index in [2.05, 4.69) is 17.3 Å². The van der Waals surface area contributed by atoms with Crippen LogP contribution in [-0.2, 0) is 0 Å². The molecule has 1 amide bonds. The Morgan fingerprint density at radius 3 is 2.38 bits per heavy atom. The van der Waals surface area contributed by atoms with Gasteiger partial charge in [0.1, 0.15) is 11.9 Å². The number of piperidine rings is 1. The van der Waals surface area contributed by atoms with Gasteiger partial charge in [-0.2, -0.15) is 0 Å². The summed E-state index contributed by atoms with van der Waals surface area (Å²) in [6.07, 6.45) is 4.36. The Kier molecular flexibility index (Phi) is 7.49. The summed E-state index contributed by atoms with van der Waals surface area (Å²) in [4.78, 5) is 15.6. The second-order valence-corrected chi connectivity index (χ2v) is 10.5. The van der Waals surface area contributed by atoms with Gasteiger partial charge in [0, 0.05) is 40.5 Å². The highest BCUT2D eigenvalue weighted by molar-refractivity contribution is 6.31. The second kappa shape index (κ2) is 11.0. The first-order valence-corrected chi connectivity index (χ1v) is 13.3. The number of hydrogen-bond acceptors (Lipinski definition) is 5. The van der Waals surface area contributed by atoms with Crippen molar-refractivity contribution in [2.24, 2.45) is 5.92 Å². The molecule has 1 aliphatic heterocycles. The topological polar surface area (TPSA) is 91.4 Å². The lowest BCUT2D eigenvalue weighted by Crippen LogP contribution is -2.35. The number of carbonyl (C=O) groups is 1. The van der Waals surface area contributed by atoms with E-state index in [1.165, 1.54) is 0 Å². The third-order valence-corrected chi connectivity index (χ3v) is 7.66. The van der Waals surface area contributed by atoms with Crippen LogP contribution in [0.5, 0.6) is 5.75 Å². The number of rotatable bonds is 8. The van der Waals surface area contributed by atoms with Crippen LogP contribution in [0.3, 0.4) is 0 Å². The number of anilines is 1. The van der Waals surface area contributed by atoms with Crippen LogP contribution in [-0.4, -0.2) is 42.8 Å². The van der Waals surface area contributed by atoms with E-state index in [1.54, 1.807) is 18.2 Å². The van der Waals surface area contributed by atoms with Gasteiger partial charge in [0.15, 0.2) is 0 Å². The number of nitrogen functional groups attached to an aromatic ring is 1. The summed E-state index contributed by atoms with van der Waals surface area (Å²) < 4.78 is 6.14. The summed E-state index contributed by atoms with van der Waals surface area (Å²) in [6.45, 7) is 2.08. The van der Waals surface area contributed by atoms with Crippen molar-refractivity contribution in [3.05, 3.63) is 94.0 Å². The monoisotopic (exact) mass is 516 g/mol. The van der Waals surface area contributed by atoms with Crippen LogP contribution in [0, 0.1) is 11.3 Å². The fourth-order valence-corrected chi connectivity index (χ4v) is 5.15. The molecular formula is C30H33ClN4O2. The number of nitrogens with two attached hydrogens (primary N) is 1. The first-order chi connectivity index (χ1) is 17.9. The van der Waals surface area contributed by atoms with Gasteiger partial charge < -0.3 is 20.7 Å². The van der Waals surface area contributed by atoms with E-state index < -0.39 is 0 Å². The molecule has 1 heterocycles. The summed E-state index contributed by atoms with van der Waals surface area (Å²) in [6, 6.07) is 20.2. The molecule has 7 heteroatoms. The maximum atomic E-state index is 13.3. The van der Waals surface area contributed by atoms with Gasteiger partial charge in [-0.15, -0.1) is 0 Å². The first-order valence-electron chi connectivity index (χ1n) is 12.9. The van der Waals surface area contributed by atoms with Crippen molar-refractivity contribution >= 4 is 28.9 Å². The van der Waals surface area contributed by atoms with Gasteiger partial charge in [0.05, 0.1) is 11.8 Å². The number of ether oxygens (including phenoxy) is 1. The maximum absolute atomic E-state index is 13.3. The van der Waals surface area contributed by atoms with E-state index in [-0.39, 0.29) is 23.8 Å². The summed E-state index contributed by atoms with van der Waals surface area (Å²) in [5, 5.41) is 12.6. The standard InChI is InChI=1S/C30H33ClN4O2/c1-35-16-14-23(15-17-35)37-22-11-8-19(9-12-22)28(33)25-18-21(10-13-27(25)32)30(36)34-29(20-6-7-20)24-4-2-3-5-26(24)31/h2-5,8-13,18,20,23,29,33H,6-7,14-17,32H2,1H3,(H,34,36). The molecule has 4 N–H and O–H groups in total. The SMILES string of the molecule is CN1CCC(Oc2ccc(C(=N)c3cc(C(=O)NC(c4ccccc4Cl)C4CC4)ccc3N)cc2)CC1. The van der Waals surface area contributed by atoms with E-state index >= 15 is 0 Å². The van der Waals surface area contributed by atoms with Crippen molar-refractivity contribution in [3.8, 4) is 5.75 Å². The number of nitrogens with zero attached hydrogens (tertiary/aromatic N) is 1. The van der Waals surface area contributed by atoms with Crippen LogP contribution < -0.4 is 15.8 Å². The van der Waals surface area contributed by atoms with Crippen LogP contribution in [0.1, 0.15) is 58.8 Å². The minimum absolute atomic E-state index is 0.140. The van der Waals surface area contributed by atoms with Gasteiger partial charge in [-0.3, -0.25) is 10.2 Å². The molecule has 1 saturated carbocycles. The Hall–Kier alpha value is -3.35. The molecule has 0 radical (unpaired) electrons. The molecule has 0 spiro atoms. The summed E-state index contributed by atoms with van der Waals surface area (Å²) in [5.74, 6) is 0.983. The van der Waals surface area contributed by atoms with Gasteiger partial charge >= 0.3 is 0 Å². The predicted octanol–water partition coefficient (Wildman–Crippen LogP) is 5.69. The Morgan fingerprint density at radius 2 is 1.70 bits per heavy atom. The van der Waals surface area contributed by atoms with Crippen molar-refractivity contribution < 1.29 is 9.53 Å². The molecule has 0 aromatic heterocycles. The number of hydrogen-bond donors (Lipinski definition) is 3.